The first-order valence-electron chi connectivity index (χ1n) is 8.73. The highest BCUT2D eigenvalue weighted by Crippen LogP contribution is 2.32. The van der Waals surface area contributed by atoms with Crippen LogP contribution in [0.5, 0.6) is 5.75 Å². The highest BCUT2D eigenvalue weighted by molar-refractivity contribution is 8.00. The summed E-state index contributed by atoms with van der Waals surface area (Å²) in [6.07, 6.45) is 0. The normalized spacial score (nSPS) is 11.8. The maximum Gasteiger partial charge on any atom is 0.237 e. The highest BCUT2D eigenvalue weighted by atomic mass is 32.2. The molecule has 1 unspecified atom stereocenters. The largest absolute Gasteiger partial charge is 0.496 e. The number of thioether (sulfide) groups is 1. The van der Waals surface area contributed by atoms with E-state index >= 15 is 0 Å². The van der Waals surface area contributed by atoms with Crippen LogP contribution in [-0.2, 0) is 11.3 Å². The topological polar surface area (TPSA) is 69.0 Å². The van der Waals surface area contributed by atoms with Crippen molar-refractivity contribution in [1.82, 2.24) is 14.8 Å². The van der Waals surface area contributed by atoms with Crippen LogP contribution < -0.4 is 10.1 Å². The third-order valence-electron chi connectivity index (χ3n) is 4.07. The fourth-order valence-corrected chi connectivity index (χ4v) is 3.58. The zero-order valence-electron chi connectivity index (χ0n) is 15.5. The molecule has 3 aromatic rings. The molecule has 0 fully saturated rings. The summed E-state index contributed by atoms with van der Waals surface area (Å²) >= 11 is 1.39. The number of anilines is 1. The second-order valence-corrected chi connectivity index (χ2v) is 7.17. The van der Waals surface area contributed by atoms with E-state index in [4.69, 9.17) is 4.74 Å². The average molecular weight is 382 g/mol. The van der Waals surface area contributed by atoms with Gasteiger partial charge in [-0.2, -0.15) is 0 Å². The van der Waals surface area contributed by atoms with E-state index in [1.165, 1.54) is 11.8 Å². The van der Waals surface area contributed by atoms with Crippen molar-refractivity contribution < 1.29 is 9.53 Å². The molecule has 1 atom stereocenters. The van der Waals surface area contributed by atoms with Crippen molar-refractivity contribution in [3.63, 3.8) is 0 Å². The average Bonchev–Trinajstić information content (AvgIpc) is 3.10. The fourth-order valence-electron chi connectivity index (χ4n) is 2.67. The van der Waals surface area contributed by atoms with Crippen LogP contribution in [-0.4, -0.2) is 33.0 Å². The number of hydrogen-bond donors (Lipinski definition) is 1. The van der Waals surface area contributed by atoms with Crippen molar-refractivity contribution >= 4 is 23.4 Å². The van der Waals surface area contributed by atoms with E-state index in [2.05, 4.69) is 15.5 Å². The van der Waals surface area contributed by atoms with Crippen molar-refractivity contribution in [1.29, 1.82) is 0 Å². The molecule has 2 aromatic carbocycles. The van der Waals surface area contributed by atoms with Gasteiger partial charge in [0.2, 0.25) is 5.91 Å². The molecule has 1 aromatic heterocycles. The molecule has 0 saturated carbocycles. The smallest absolute Gasteiger partial charge is 0.237 e. The van der Waals surface area contributed by atoms with Crippen molar-refractivity contribution in [3.05, 3.63) is 54.6 Å². The predicted octanol–water partition coefficient (Wildman–Crippen LogP) is 4.09. The lowest BCUT2D eigenvalue weighted by atomic mass is 10.2. The Bertz CT molecular complexity index is 911. The molecule has 27 heavy (non-hydrogen) atoms. The minimum absolute atomic E-state index is 0.0734. The summed E-state index contributed by atoms with van der Waals surface area (Å²) in [6, 6.07) is 17.1. The lowest BCUT2D eigenvalue weighted by Crippen LogP contribution is -2.22. The van der Waals surface area contributed by atoms with Gasteiger partial charge in [-0.1, -0.05) is 42.1 Å². The Morgan fingerprint density at radius 2 is 1.85 bits per heavy atom. The Morgan fingerprint density at radius 3 is 2.56 bits per heavy atom. The van der Waals surface area contributed by atoms with E-state index < -0.39 is 0 Å². The van der Waals surface area contributed by atoms with Crippen molar-refractivity contribution in [2.75, 3.05) is 12.4 Å². The molecular formula is C20H22N4O2S. The van der Waals surface area contributed by atoms with Gasteiger partial charge in [-0.3, -0.25) is 4.79 Å². The SMILES string of the molecule is CCn1c(SC(C)C(=O)Nc2ccccc2)nnc1-c1ccccc1OC. The van der Waals surface area contributed by atoms with Crippen molar-refractivity contribution in [2.45, 2.75) is 30.8 Å². The summed E-state index contributed by atoms with van der Waals surface area (Å²) in [4.78, 5) is 12.5. The van der Waals surface area contributed by atoms with Crippen LogP contribution in [0.1, 0.15) is 13.8 Å². The molecule has 0 spiro atoms. The molecule has 0 saturated heterocycles. The quantitative estimate of drug-likeness (QED) is 0.623. The number of nitrogens with zero attached hydrogens (tertiary/aromatic N) is 3. The minimum atomic E-state index is -0.315. The maximum atomic E-state index is 12.5. The van der Waals surface area contributed by atoms with Gasteiger partial charge >= 0.3 is 0 Å². The van der Waals surface area contributed by atoms with E-state index in [1.54, 1.807) is 7.11 Å². The van der Waals surface area contributed by atoms with Gasteiger partial charge in [-0.05, 0) is 38.1 Å². The Balaban J connectivity index is 1.79. The number of ether oxygens (including phenoxy) is 1. The lowest BCUT2D eigenvalue weighted by molar-refractivity contribution is -0.115. The summed E-state index contributed by atoms with van der Waals surface area (Å²) < 4.78 is 7.44. The van der Waals surface area contributed by atoms with E-state index in [1.807, 2.05) is 73.0 Å². The first kappa shape index (κ1) is 19.0. The molecule has 0 aliphatic carbocycles. The van der Waals surface area contributed by atoms with Crippen molar-refractivity contribution in [2.24, 2.45) is 0 Å². The Labute approximate surface area is 163 Å². The summed E-state index contributed by atoms with van der Waals surface area (Å²) in [5.41, 5.74) is 1.66. The van der Waals surface area contributed by atoms with Gasteiger partial charge in [0.05, 0.1) is 17.9 Å². The monoisotopic (exact) mass is 382 g/mol. The molecule has 0 bridgehead atoms. The summed E-state index contributed by atoms with van der Waals surface area (Å²) in [5.74, 6) is 1.40. The second-order valence-electron chi connectivity index (χ2n) is 5.87. The third-order valence-corrected chi connectivity index (χ3v) is 5.15. The number of rotatable bonds is 7. The predicted molar refractivity (Wildman–Crippen MR) is 108 cm³/mol. The summed E-state index contributed by atoms with van der Waals surface area (Å²) in [6.45, 7) is 4.58. The number of para-hydroxylation sites is 2. The number of nitrogens with one attached hydrogen (secondary N) is 1. The van der Waals surface area contributed by atoms with Crippen LogP contribution in [0.4, 0.5) is 5.69 Å². The van der Waals surface area contributed by atoms with E-state index in [0.29, 0.717) is 11.7 Å². The number of carbonyl (C=O) groups is 1. The lowest BCUT2D eigenvalue weighted by Gasteiger charge is -2.13. The van der Waals surface area contributed by atoms with E-state index in [9.17, 15) is 4.79 Å². The molecule has 0 aliphatic heterocycles. The van der Waals surface area contributed by atoms with Crippen molar-refractivity contribution in [3.8, 4) is 17.1 Å². The standard InChI is InChI=1S/C20H22N4O2S/c1-4-24-18(16-12-8-9-13-17(16)26-3)22-23-20(24)27-14(2)19(25)21-15-10-6-5-7-11-15/h5-14H,4H2,1-3H3,(H,21,25). The number of carbonyl (C=O) groups excluding carboxylic acids is 1. The van der Waals surface area contributed by atoms with Gasteiger partial charge in [-0.25, -0.2) is 0 Å². The highest BCUT2D eigenvalue weighted by Gasteiger charge is 2.21. The van der Waals surface area contributed by atoms with Crippen LogP contribution in [0.2, 0.25) is 0 Å². The van der Waals surface area contributed by atoms with Gasteiger partial charge in [-0.15, -0.1) is 10.2 Å². The van der Waals surface area contributed by atoms with Gasteiger partial charge < -0.3 is 14.6 Å². The molecule has 6 nitrogen and oxygen atoms in total. The van der Waals surface area contributed by atoms with Crippen LogP contribution in [0.3, 0.4) is 0 Å². The van der Waals surface area contributed by atoms with E-state index in [0.717, 1.165) is 22.8 Å². The minimum Gasteiger partial charge on any atom is -0.496 e. The number of methoxy groups -OCH3 is 1. The third kappa shape index (κ3) is 4.31. The molecule has 1 N–H and O–H groups in total. The fraction of sp³-hybridized carbons (Fsp3) is 0.250. The van der Waals surface area contributed by atoms with Gasteiger partial charge in [0.1, 0.15) is 5.75 Å². The van der Waals surface area contributed by atoms with Gasteiger partial charge in [0, 0.05) is 12.2 Å². The Hall–Kier alpha value is -2.80. The Morgan fingerprint density at radius 1 is 1.15 bits per heavy atom. The first-order valence-corrected chi connectivity index (χ1v) is 9.61. The summed E-state index contributed by atoms with van der Waals surface area (Å²) in [5, 5.41) is 12.0. The Kier molecular flexibility index (Phi) is 6.13. The zero-order chi connectivity index (χ0) is 19.2. The molecule has 140 valence electrons. The summed E-state index contributed by atoms with van der Waals surface area (Å²) in [7, 11) is 1.64. The molecule has 0 aliphatic rings. The molecule has 3 rings (SSSR count). The molecule has 1 heterocycles. The second kappa shape index (κ2) is 8.73. The molecule has 7 heteroatoms. The first-order chi connectivity index (χ1) is 13.1. The zero-order valence-corrected chi connectivity index (χ0v) is 16.4. The molecule has 0 radical (unpaired) electrons. The molecule has 1 amide bonds. The van der Waals surface area contributed by atoms with Crippen LogP contribution in [0, 0.1) is 0 Å². The number of aromatic nitrogens is 3. The van der Waals surface area contributed by atoms with Crippen LogP contribution >= 0.6 is 11.8 Å². The van der Waals surface area contributed by atoms with Crippen LogP contribution in [0.15, 0.2) is 59.8 Å². The number of hydrogen-bond acceptors (Lipinski definition) is 5. The van der Waals surface area contributed by atoms with Gasteiger partial charge in [0.15, 0.2) is 11.0 Å². The van der Waals surface area contributed by atoms with Gasteiger partial charge in [0.25, 0.3) is 0 Å². The number of benzene rings is 2. The van der Waals surface area contributed by atoms with Crippen LogP contribution in [0.25, 0.3) is 11.4 Å². The maximum absolute atomic E-state index is 12.5. The van der Waals surface area contributed by atoms with E-state index in [-0.39, 0.29) is 11.2 Å². The molecular weight excluding hydrogens is 360 g/mol. The number of amides is 1.